The number of hydrogen-bond donors (Lipinski definition) is 0. The highest BCUT2D eigenvalue weighted by Crippen LogP contribution is 2.23. The van der Waals surface area contributed by atoms with Crippen molar-refractivity contribution in [3.8, 4) is 0 Å². The van der Waals surface area contributed by atoms with Crippen molar-refractivity contribution in [3.63, 3.8) is 0 Å². The van der Waals surface area contributed by atoms with Crippen LogP contribution in [0.3, 0.4) is 0 Å². The molecule has 0 saturated heterocycles. The number of allylic oxidation sites excluding steroid dienone is 12. The molecule has 31 heavy (non-hydrogen) atoms. The van der Waals surface area contributed by atoms with Crippen LogP contribution >= 0.6 is 0 Å². The highest BCUT2D eigenvalue weighted by Gasteiger charge is 2.06. The van der Waals surface area contributed by atoms with Gasteiger partial charge in [-0.2, -0.15) is 0 Å². The minimum absolute atomic E-state index is 0.583. The maximum atomic E-state index is 3.70. The van der Waals surface area contributed by atoms with Gasteiger partial charge in [-0.15, -0.1) is 13.2 Å². The number of hydrogen-bond acceptors (Lipinski definition) is 0. The zero-order chi connectivity index (χ0) is 23.3. The summed E-state index contributed by atoms with van der Waals surface area (Å²) in [6.45, 7) is 18.3. The summed E-state index contributed by atoms with van der Waals surface area (Å²) >= 11 is 0. The molecule has 0 nitrogen and oxygen atoms in total. The summed E-state index contributed by atoms with van der Waals surface area (Å²) < 4.78 is 0. The fourth-order valence-corrected chi connectivity index (χ4v) is 3.73. The average molecular weight is 423 g/mol. The fraction of sp³-hybridized carbons (Fsp3) is 0.548. The van der Waals surface area contributed by atoms with Gasteiger partial charge in [0.25, 0.3) is 0 Å². The third kappa shape index (κ3) is 16.5. The van der Waals surface area contributed by atoms with E-state index in [4.69, 9.17) is 0 Å². The van der Waals surface area contributed by atoms with E-state index in [9.17, 15) is 0 Å². The van der Waals surface area contributed by atoms with E-state index in [1.807, 2.05) is 13.0 Å². The van der Waals surface area contributed by atoms with Crippen molar-refractivity contribution in [1.82, 2.24) is 0 Å². The SMILES string of the molecule is C=CC.C=CC1C=CC=CC1.CCCC(C)CC/C=C(/CCC1=CCCC=C1)C(C)C. The van der Waals surface area contributed by atoms with Crippen LogP contribution in [0.1, 0.15) is 92.4 Å². The summed E-state index contributed by atoms with van der Waals surface area (Å²) in [6, 6.07) is 0. The second-order valence-electron chi connectivity index (χ2n) is 9.02. The van der Waals surface area contributed by atoms with Crippen LogP contribution in [-0.2, 0) is 0 Å². The summed E-state index contributed by atoms with van der Waals surface area (Å²) in [5.74, 6) is 2.17. The van der Waals surface area contributed by atoms with Crippen LogP contribution in [0.4, 0.5) is 0 Å². The smallest absolute Gasteiger partial charge is 0.00184 e. The van der Waals surface area contributed by atoms with E-state index in [0.29, 0.717) is 11.8 Å². The Kier molecular flexibility index (Phi) is 18.9. The molecule has 0 fully saturated rings. The third-order valence-electron chi connectivity index (χ3n) is 5.68. The first kappa shape index (κ1) is 29.2. The Balaban J connectivity index is 0.000000671. The Hall–Kier alpha value is -1.82. The lowest BCUT2D eigenvalue weighted by atomic mass is 9.92. The van der Waals surface area contributed by atoms with Gasteiger partial charge in [0.1, 0.15) is 0 Å². The Morgan fingerprint density at radius 3 is 2.32 bits per heavy atom. The van der Waals surface area contributed by atoms with Crippen molar-refractivity contribution in [2.45, 2.75) is 92.4 Å². The Labute approximate surface area is 195 Å². The van der Waals surface area contributed by atoms with Gasteiger partial charge in [0.15, 0.2) is 0 Å². The molecule has 0 aromatic carbocycles. The first-order valence-electron chi connectivity index (χ1n) is 12.6. The van der Waals surface area contributed by atoms with Gasteiger partial charge in [0, 0.05) is 0 Å². The van der Waals surface area contributed by atoms with Gasteiger partial charge in [0.05, 0.1) is 0 Å². The molecule has 2 aliphatic carbocycles. The molecule has 0 spiro atoms. The first-order chi connectivity index (χ1) is 15.0. The lowest BCUT2D eigenvalue weighted by Crippen LogP contribution is -1.98. The highest BCUT2D eigenvalue weighted by molar-refractivity contribution is 5.23. The molecule has 0 aliphatic heterocycles. The molecule has 0 aromatic heterocycles. The zero-order valence-corrected chi connectivity index (χ0v) is 21.3. The van der Waals surface area contributed by atoms with Crippen molar-refractivity contribution in [1.29, 1.82) is 0 Å². The van der Waals surface area contributed by atoms with E-state index in [1.54, 1.807) is 17.2 Å². The van der Waals surface area contributed by atoms with E-state index in [-0.39, 0.29) is 0 Å². The standard InChI is InChI=1S/C20H34.C8H10.C3H6/c1-5-10-18(4)11-9-14-20(17(2)3)16-15-19-12-7-6-8-13-19;1-2-8-6-4-3-5-7-8;1-3-2/h7,12-14,17-18H,5-6,8-11,15-16H2,1-4H3;2-6,8H,1,7H2;3H,1H2,2H3/b20-14-;;. The minimum atomic E-state index is 0.583. The monoisotopic (exact) mass is 422 g/mol. The van der Waals surface area contributed by atoms with E-state index in [0.717, 1.165) is 12.3 Å². The molecule has 0 bridgehead atoms. The summed E-state index contributed by atoms with van der Waals surface area (Å²) in [5, 5.41) is 0. The van der Waals surface area contributed by atoms with Crippen molar-refractivity contribution in [2.75, 3.05) is 0 Å². The average Bonchev–Trinajstić information content (AvgIpc) is 2.78. The molecule has 0 radical (unpaired) electrons. The third-order valence-corrected chi connectivity index (χ3v) is 5.68. The normalized spacial score (nSPS) is 18.3. The van der Waals surface area contributed by atoms with Gasteiger partial charge in [0.2, 0.25) is 0 Å². The lowest BCUT2D eigenvalue weighted by Gasteiger charge is -2.14. The van der Waals surface area contributed by atoms with Crippen LogP contribution in [0.2, 0.25) is 0 Å². The van der Waals surface area contributed by atoms with Crippen LogP contribution in [-0.4, -0.2) is 0 Å². The molecule has 0 amide bonds. The van der Waals surface area contributed by atoms with Crippen molar-refractivity contribution >= 4 is 0 Å². The zero-order valence-electron chi connectivity index (χ0n) is 21.3. The van der Waals surface area contributed by atoms with Crippen molar-refractivity contribution in [3.05, 3.63) is 85.1 Å². The summed E-state index contributed by atoms with van der Waals surface area (Å²) in [5.41, 5.74) is 3.20. The fourth-order valence-electron chi connectivity index (χ4n) is 3.73. The molecule has 0 heterocycles. The highest BCUT2D eigenvalue weighted by atomic mass is 14.1. The summed E-state index contributed by atoms with van der Waals surface area (Å²) in [4.78, 5) is 0. The van der Waals surface area contributed by atoms with Crippen molar-refractivity contribution in [2.24, 2.45) is 17.8 Å². The van der Waals surface area contributed by atoms with Gasteiger partial charge in [-0.1, -0.05) is 112 Å². The molecule has 2 atom stereocenters. The van der Waals surface area contributed by atoms with E-state index < -0.39 is 0 Å². The second kappa shape index (κ2) is 20.1. The maximum Gasteiger partial charge on any atom is -0.00184 e. The Morgan fingerprint density at radius 1 is 1.10 bits per heavy atom. The molecule has 0 saturated carbocycles. The van der Waals surface area contributed by atoms with E-state index in [1.165, 1.54) is 51.4 Å². The second-order valence-corrected chi connectivity index (χ2v) is 9.02. The predicted octanol–water partition coefficient (Wildman–Crippen LogP) is 10.3. The number of rotatable bonds is 10. The maximum absolute atomic E-state index is 3.70. The minimum Gasteiger partial charge on any atom is -0.103 e. The van der Waals surface area contributed by atoms with Gasteiger partial charge >= 0.3 is 0 Å². The molecule has 0 aromatic rings. The van der Waals surface area contributed by atoms with Gasteiger partial charge < -0.3 is 0 Å². The molecule has 2 rings (SSSR count). The summed E-state index contributed by atoms with van der Waals surface area (Å²) in [6.07, 6.45) is 33.2. The molecule has 0 N–H and O–H groups in total. The Bertz CT molecular complexity index is 606. The quantitative estimate of drug-likeness (QED) is 0.307. The molecule has 0 heteroatoms. The van der Waals surface area contributed by atoms with E-state index in [2.05, 4.69) is 89.5 Å². The molecular weight excluding hydrogens is 372 g/mol. The van der Waals surface area contributed by atoms with Crippen LogP contribution in [0.5, 0.6) is 0 Å². The molecule has 2 unspecified atom stereocenters. The van der Waals surface area contributed by atoms with Crippen LogP contribution < -0.4 is 0 Å². The van der Waals surface area contributed by atoms with E-state index >= 15 is 0 Å². The van der Waals surface area contributed by atoms with Crippen LogP contribution in [0.25, 0.3) is 0 Å². The molecular formula is C31H50. The lowest BCUT2D eigenvalue weighted by molar-refractivity contribution is 0.489. The van der Waals surface area contributed by atoms with Gasteiger partial charge in [-0.3, -0.25) is 0 Å². The van der Waals surface area contributed by atoms with Crippen LogP contribution in [0, 0.1) is 17.8 Å². The topological polar surface area (TPSA) is 0 Å². The first-order valence-corrected chi connectivity index (χ1v) is 12.6. The van der Waals surface area contributed by atoms with Gasteiger partial charge in [-0.05, 0) is 69.6 Å². The molecule has 2 aliphatic rings. The Morgan fingerprint density at radius 2 is 1.84 bits per heavy atom. The van der Waals surface area contributed by atoms with Gasteiger partial charge in [-0.25, -0.2) is 0 Å². The van der Waals surface area contributed by atoms with Crippen LogP contribution in [0.15, 0.2) is 85.1 Å². The summed E-state index contributed by atoms with van der Waals surface area (Å²) in [7, 11) is 0. The van der Waals surface area contributed by atoms with Crippen molar-refractivity contribution < 1.29 is 0 Å². The molecule has 174 valence electrons. The largest absolute Gasteiger partial charge is 0.103 e. The predicted molar refractivity (Wildman–Crippen MR) is 144 cm³/mol.